The van der Waals surface area contributed by atoms with Gasteiger partial charge < -0.3 is 31.2 Å². The number of aliphatic carboxylic acids is 2. The van der Waals surface area contributed by atoms with Gasteiger partial charge in [-0.15, -0.1) is 11.8 Å². The fourth-order valence-electron chi connectivity index (χ4n) is 2.65. The molecule has 0 aromatic heterocycles. The number of benzene rings is 1. The molecule has 1 fully saturated rings. The zero-order chi connectivity index (χ0) is 19.6. The minimum Gasteiger partial charge on any atom is -0.548 e. The van der Waals surface area contributed by atoms with Crippen molar-refractivity contribution in [2.75, 3.05) is 0 Å². The van der Waals surface area contributed by atoms with Gasteiger partial charge in [0, 0.05) is 4.75 Å². The summed E-state index contributed by atoms with van der Waals surface area (Å²) in [4.78, 5) is 35.2. The number of thioether (sulfide) groups is 1. The molecule has 0 aliphatic carbocycles. The summed E-state index contributed by atoms with van der Waals surface area (Å²) in [7, 11) is 0. The number of nitrogens with one attached hydrogen (secondary N) is 2. The fourth-order valence-corrected chi connectivity index (χ4v) is 4.13. The molecule has 1 aliphatic heterocycles. The number of phenols is 1. The van der Waals surface area contributed by atoms with E-state index in [4.69, 9.17) is 5.73 Å². The van der Waals surface area contributed by atoms with Crippen LogP contribution in [0.1, 0.15) is 25.5 Å². The molecule has 6 N–H and O–H groups in total. The first-order valence-electron chi connectivity index (χ1n) is 7.75. The molecule has 0 bridgehead atoms. The Morgan fingerprint density at radius 2 is 1.85 bits per heavy atom. The van der Waals surface area contributed by atoms with E-state index in [0.29, 0.717) is 5.56 Å². The maximum absolute atomic E-state index is 12.3. The van der Waals surface area contributed by atoms with Crippen molar-refractivity contribution in [1.29, 1.82) is 0 Å². The van der Waals surface area contributed by atoms with Crippen LogP contribution in [-0.4, -0.2) is 50.3 Å². The van der Waals surface area contributed by atoms with E-state index < -0.39 is 46.1 Å². The molecule has 1 aromatic rings. The van der Waals surface area contributed by atoms with Crippen molar-refractivity contribution in [2.45, 2.75) is 42.1 Å². The number of rotatable bonds is 6. The molecule has 0 radical (unpaired) electrons. The molecule has 4 unspecified atom stereocenters. The zero-order valence-electron chi connectivity index (χ0n) is 15.1. The van der Waals surface area contributed by atoms with Crippen LogP contribution in [0.2, 0.25) is 0 Å². The maximum atomic E-state index is 12.3. The van der Waals surface area contributed by atoms with Gasteiger partial charge in [0.1, 0.15) is 11.8 Å². The molecule has 142 valence electrons. The largest absolute Gasteiger partial charge is 1.00 e. The van der Waals surface area contributed by atoms with E-state index in [1.807, 2.05) is 0 Å². The third kappa shape index (κ3) is 5.59. The van der Waals surface area contributed by atoms with Gasteiger partial charge in [-0.05, 0) is 31.5 Å². The van der Waals surface area contributed by atoms with Gasteiger partial charge in [0.15, 0.2) is 6.04 Å². The number of carbonyl (C=O) groups is 3. The van der Waals surface area contributed by atoms with E-state index in [2.05, 4.69) is 10.6 Å². The number of hydrogen-bond donors (Lipinski definition) is 5. The molecule has 0 spiro atoms. The summed E-state index contributed by atoms with van der Waals surface area (Å²) in [6.45, 7) is 3.29. The number of hydrogen-bond acceptors (Lipinski definition) is 8. The van der Waals surface area contributed by atoms with Crippen molar-refractivity contribution < 1.29 is 59.3 Å². The third-order valence-corrected chi connectivity index (χ3v) is 5.60. The van der Waals surface area contributed by atoms with Gasteiger partial charge >= 0.3 is 35.5 Å². The summed E-state index contributed by atoms with van der Waals surface area (Å²) < 4.78 is -0.818. The first-order valence-corrected chi connectivity index (χ1v) is 8.63. The quantitative estimate of drug-likeness (QED) is 0.293. The van der Waals surface area contributed by atoms with Crippen LogP contribution in [0.15, 0.2) is 24.3 Å². The number of phenolic OH excluding ortho intramolecular Hbond substituents is 1. The average molecular weight is 405 g/mol. The Hall–Kier alpha value is -1.30. The van der Waals surface area contributed by atoms with E-state index in [1.54, 1.807) is 13.8 Å². The first kappa shape index (κ1) is 23.7. The van der Waals surface area contributed by atoms with Crippen molar-refractivity contribution in [1.82, 2.24) is 10.6 Å². The standard InChI is InChI=1S/C16H21N3O6S.Na/c1-16(2)11(15(24)25)19-13(26-16)10(14(22)23)18-12(21)9(17)7-3-5-8(20)6-4-7;/h3-6,9-11,13,19-20H,17H2,1-2H3,(H,18,21)(H,22,23)(H,24,25);/q;+1/p-1. The second-order valence-electron chi connectivity index (χ2n) is 6.45. The predicted molar refractivity (Wildman–Crippen MR) is 92.0 cm³/mol. The number of carboxylic acids is 2. The summed E-state index contributed by atoms with van der Waals surface area (Å²) in [5.74, 6) is -3.40. The van der Waals surface area contributed by atoms with Gasteiger partial charge in [0.2, 0.25) is 5.91 Å². The van der Waals surface area contributed by atoms with Gasteiger partial charge in [-0.1, -0.05) is 12.1 Å². The minimum atomic E-state index is -1.39. The van der Waals surface area contributed by atoms with Crippen molar-refractivity contribution in [2.24, 2.45) is 5.73 Å². The van der Waals surface area contributed by atoms with Crippen LogP contribution in [0, 0.1) is 0 Å². The van der Waals surface area contributed by atoms with Crippen LogP contribution < -0.4 is 51.0 Å². The van der Waals surface area contributed by atoms with Crippen molar-refractivity contribution in [3.8, 4) is 5.75 Å². The summed E-state index contributed by atoms with van der Waals surface area (Å²) in [5, 5.41) is 34.1. The molecule has 1 aromatic carbocycles. The minimum absolute atomic E-state index is 0. The Labute approximate surface area is 182 Å². The number of carboxylic acid groups (broad SMARTS) is 2. The van der Waals surface area contributed by atoms with E-state index in [1.165, 1.54) is 24.3 Å². The Bertz CT molecular complexity index is 715. The van der Waals surface area contributed by atoms with Gasteiger partial charge in [-0.25, -0.2) is 4.79 Å². The summed E-state index contributed by atoms with van der Waals surface area (Å²) >= 11 is 1.09. The molecule has 11 heteroatoms. The molecule has 0 saturated carbocycles. The monoisotopic (exact) mass is 405 g/mol. The average Bonchev–Trinajstić information content (AvgIpc) is 2.87. The van der Waals surface area contributed by atoms with Gasteiger partial charge in [0.05, 0.1) is 17.4 Å². The molecular formula is C16H20N3NaO6S. The molecule has 1 aliphatic rings. The molecule has 1 heterocycles. The van der Waals surface area contributed by atoms with Crippen LogP contribution in [0.4, 0.5) is 0 Å². The van der Waals surface area contributed by atoms with Crippen LogP contribution in [0.5, 0.6) is 5.75 Å². The molecule has 1 saturated heterocycles. The SMILES string of the molecule is CC1(C)SC(C(NC(=O)C(N)c2ccc(O)cc2)C(=O)O)NC1C(=O)[O-].[Na+]. The van der Waals surface area contributed by atoms with Crippen LogP contribution >= 0.6 is 11.8 Å². The fraction of sp³-hybridized carbons (Fsp3) is 0.438. The number of carbonyl (C=O) groups excluding carboxylic acids is 2. The Kier molecular flexibility index (Phi) is 8.14. The van der Waals surface area contributed by atoms with Gasteiger partial charge in [0.25, 0.3) is 0 Å². The molecule has 2 rings (SSSR count). The van der Waals surface area contributed by atoms with E-state index >= 15 is 0 Å². The third-order valence-electron chi connectivity index (χ3n) is 4.09. The number of aromatic hydroxyl groups is 1. The second-order valence-corrected chi connectivity index (χ2v) is 8.25. The van der Waals surface area contributed by atoms with Crippen molar-refractivity contribution in [3.63, 3.8) is 0 Å². The van der Waals surface area contributed by atoms with Crippen molar-refractivity contribution >= 4 is 29.6 Å². The van der Waals surface area contributed by atoms with Crippen LogP contribution in [0.3, 0.4) is 0 Å². The Morgan fingerprint density at radius 1 is 1.30 bits per heavy atom. The van der Waals surface area contributed by atoms with E-state index in [0.717, 1.165) is 11.8 Å². The molecular weight excluding hydrogens is 385 g/mol. The smallest absolute Gasteiger partial charge is 0.548 e. The molecule has 1 amide bonds. The molecule has 9 nitrogen and oxygen atoms in total. The van der Waals surface area contributed by atoms with Crippen LogP contribution in [-0.2, 0) is 14.4 Å². The number of nitrogens with two attached hydrogens (primary N) is 1. The van der Waals surface area contributed by atoms with Gasteiger partial charge in [-0.2, -0.15) is 0 Å². The summed E-state index contributed by atoms with van der Waals surface area (Å²) in [6.07, 6.45) is 0. The summed E-state index contributed by atoms with van der Waals surface area (Å²) in [5.41, 5.74) is 6.24. The molecule has 4 atom stereocenters. The van der Waals surface area contributed by atoms with E-state index in [-0.39, 0.29) is 35.3 Å². The predicted octanol–water partition coefficient (Wildman–Crippen LogP) is -4.47. The van der Waals surface area contributed by atoms with Crippen molar-refractivity contribution in [3.05, 3.63) is 29.8 Å². The van der Waals surface area contributed by atoms with Crippen LogP contribution in [0.25, 0.3) is 0 Å². The Balaban J connectivity index is 0.00000364. The topological polar surface area (TPSA) is 165 Å². The summed E-state index contributed by atoms with van der Waals surface area (Å²) in [6, 6.07) is 2.02. The zero-order valence-corrected chi connectivity index (χ0v) is 17.9. The first-order chi connectivity index (χ1) is 12.0. The van der Waals surface area contributed by atoms with Gasteiger partial charge in [-0.3, -0.25) is 10.1 Å². The Morgan fingerprint density at radius 3 is 2.30 bits per heavy atom. The maximum Gasteiger partial charge on any atom is 1.00 e. The van der Waals surface area contributed by atoms with E-state index in [9.17, 15) is 29.7 Å². The normalized spacial score (nSPS) is 22.9. The second kappa shape index (κ2) is 9.26. The number of amides is 1. The molecule has 27 heavy (non-hydrogen) atoms.